The van der Waals surface area contributed by atoms with E-state index in [2.05, 4.69) is 111 Å². The minimum absolute atomic E-state index is 0. The van der Waals surface area contributed by atoms with Crippen LogP contribution in [0.4, 0.5) is 22.7 Å². The molecular formula is C34H42Cl4N4OS2. The maximum Gasteiger partial charge on any atom is 0.0784 e. The van der Waals surface area contributed by atoms with Gasteiger partial charge in [0.25, 0.3) is 0 Å². The first kappa shape index (κ1) is 39.4. The van der Waals surface area contributed by atoms with Crippen LogP contribution < -0.4 is 44.4 Å². The number of nitrogens with one attached hydrogen (secondary N) is 2. The Morgan fingerprint density at radius 1 is 0.533 bits per heavy atom. The van der Waals surface area contributed by atoms with Crippen LogP contribution in [-0.2, 0) is 0 Å². The molecule has 244 valence electrons. The average molecular weight is 729 g/mol. The molecule has 0 spiro atoms. The number of fused-ring (bicyclic) bond motifs is 4. The lowest BCUT2D eigenvalue weighted by atomic mass is 10.2. The molecule has 0 fully saturated rings. The molecule has 0 bridgehead atoms. The number of hydrogen-bond donors (Lipinski definition) is 2. The van der Waals surface area contributed by atoms with Crippen molar-refractivity contribution in [3.05, 3.63) is 95.0 Å². The summed E-state index contributed by atoms with van der Waals surface area (Å²) in [4.78, 5) is 13.0. The molecule has 6 rings (SSSR count). The van der Waals surface area contributed by atoms with E-state index in [-0.39, 0.29) is 30.3 Å². The molecule has 0 atom stereocenters. The van der Waals surface area contributed by atoms with Gasteiger partial charge in [-0.15, -0.1) is 0 Å². The van der Waals surface area contributed by atoms with Gasteiger partial charge in [-0.3, -0.25) is 0 Å². The zero-order valence-electron chi connectivity index (χ0n) is 26.0. The van der Waals surface area contributed by atoms with Crippen LogP contribution in [0.3, 0.4) is 0 Å². The Labute approximate surface area is 299 Å². The van der Waals surface area contributed by atoms with Crippen LogP contribution in [0.5, 0.6) is 0 Å². The van der Waals surface area contributed by atoms with Crippen molar-refractivity contribution in [2.75, 3.05) is 64.2 Å². The van der Waals surface area contributed by atoms with Crippen LogP contribution >= 0.6 is 46.7 Å². The summed E-state index contributed by atoms with van der Waals surface area (Å²) in [6.07, 6.45) is 2.32. The largest absolute Gasteiger partial charge is 1.00 e. The number of anilines is 4. The third kappa shape index (κ3) is 10.1. The smallest absolute Gasteiger partial charge is 0.0784 e. The summed E-state index contributed by atoms with van der Waals surface area (Å²) in [6.45, 7) is 4.38. The fraction of sp³-hybridized carbons (Fsp3) is 0.294. The molecule has 45 heavy (non-hydrogen) atoms. The SMILES string of the molecule is C[NH+](C)CCCN1c2ccccc2Sc2ccc(Cl)cc21.C[NH+](C)CCCN1c2ccccc2Sc2ccc(Cl)cc21.O.[Cl-].[Cl-]. The number of nitrogens with zero attached hydrogens (tertiary/aromatic N) is 2. The van der Waals surface area contributed by atoms with E-state index >= 15 is 0 Å². The second-order valence-corrected chi connectivity index (χ2v) is 14.3. The van der Waals surface area contributed by atoms with Gasteiger partial charge in [0.1, 0.15) is 0 Å². The average Bonchev–Trinajstić information content (AvgIpc) is 2.97. The quantitative estimate of drug-likeness (QED) is 0.272. The lowest BCUT2D eigenvalue weighted by Crippen LogP contribution is -3.05. The Kier molecular flexibility index (Phi) is 16.2. The number of benzene rings is 4. The Morgan fingerprint density at radius 2 is 0.889 bits per heavy atom. The molecule has 2 heterocycles. The number of quaternary nitrogens is 2. The topological polar surface area (TPSA) is 46.9 Å². The number of halogens is 4. The van der Waals surface area contributed by atoms with Gasteiger partial charge in [-0.25, -0.2) is 0 Å². The number of para-hydroxylation sites is 2. The highest BCUT2D eigenvalue weighted by molar-refractivity contribution is 8.00. The van der Waals surface area contributed by atoms with Gasteiger partial charge in [0.05, 0.1) is 64.0 Å². The Morgan fingerprint density at radius 3 is 1.27 bits per heavy atom. The maximum atomic E-state index is 6.21. The summed E-state index contributed by atoms with van der Waals surface area (Å²) in [5.41, 5.74) is 5.07. The fourth-order valence-electron chi connectivity index (χ4n) is 5.27. The van der Waals surface area contributed by atoms with Crippen LogP contribution in [-0.4, -0.2) is 59.8 Å². The molecule has 0 radical (unpaired) electrons. The Hall–Kier alpha value is -1.78. The van der Waals surface area contributed by atoms with E-state index in [1.807, 2.05) is 35.7 Å². The van der Waals surface area contributed by atoms with Crippen LogP contribution in [0.1, 0.15) is 12.8 Å². The van der Waals surface area contributed by atoms with Crippen molar-refractivity contribution in [3.63, 3.8) is 0 Å². The first-order valence-electron chi connectivity index (χ1n) is 14.6. The first-order valence-corrected chi connectivity index (χ1v) is 16.9. The molecule has 2 aliphatic heterocycles. The molecule has 0 saturated heterocycles. The third-order valence-electron chi connectivity index (χ3n) is 7.29. The summed E-state index contributed by atoms with van der Waals surface area (Å²) in [7, 11) is 8.80. The summed E-state index contributed by atoms with van der Waals surface area (Å²) in [5.74, 6) is 0. The van der Waals surface area contributed by atoms with E-state index in [9.17, 15) is 0 Å². The van der Waals surface area contributed by atoms with Crippen molar-refractivity contribution in [2.24, 2.45) is 0 Å². The van der Waals surface area contributed by atoms with Gasteiger partial charge < -0.3 is 49.9 Å². The monoisotopic (exact) mass is 726 g/mol. The van der Waals surface area contributed by atoms with Gasteiger partial charge >= 0.3 is 0 Å². The highest BCUT2D eigenvalue weighted by atomic mass is 35.5. The van der Waals surface area contributed by atoms with E-state index < -0.39 is 0 Å². The van der Waals surface area contributed by atoms with E-state index in [4.69, 9.17) is 23.2 Å². The molecule has 0 aromatic heterocycles. The van der Waals surface area contributed by atoms with Gasteiger partial charge in [-0.05, 0) is 60.7 Å². The Balaban J connectivity index is 0.000000294. The molecule has 0 amide bonds. The van der Waals surface area contributed by atoms with E-state index in [0.29, 0.717) is 0 Å². The van der Waals surface area contributed by atoms with Gasteiger partial charge in [-0.2, -0.15) is 0 Å². The molecule has 0 unspecified atom stereocenters. The molecule has 4 aromatic carbocycles. The number of rotatable bonds is 8. The highest BCUT2D eigenvalue weighted by Gasteiger charge is 2.24. The first-order chi connectivity index (χ1) is 20.3. The molecular weight excluding hydrogens is 686 g/mol. The zero-order chi connectivity index (χ0) is 29.6. The molecule has 4 aromatic rings. The fourth-order valence-corrected chi connectivity index (χ4v) is 7.75. The van der Waals surface area contributed by atoms with Crippen molar-refractivity contribution in [1.29, 1.82) is 0 Å². The summed E-state index contributed by atoms with van der Waals surface area (Å²) < 4.78 is 0. The van der Waals surface area contributed by atoms with Crippen LogP contribution in [0, 0.1) is 0 Å². The highest BCUT2D eigenvalue weighted by Crippen LogP contribution is 2.49. The van der Waals surface area contributed by atoms with Crippen molar-refractivity contribution in [2.45, 2.75) is 32.4 Å². The van der Waals surface area contributed by atoms with E-state index in [1.165, 1.54) is 65.2 Å². The predicted molar refractivity (Wildman–Crippen MR) is 186 cm³/mol. The normalized spacial score (nSPS) is 12.4. The minimum Gasteiger partial charge on any atom is -1.00 e. The third-order valence-corrected chi connectivity index (χ3v) is 10.0. The summed E-state index contributed by atoms with van der Waals surface area (Å²) in [6, 6.07) is 29.6. The predicted octanol–water partition coefficient (Wildman–Crippen LogP) is 0.138. The molecule has 11 heteroatoms. The van der Waals surface area contributed by atoms with Crippen molar-refractivity contribution >= 4 is 69.5 Å². The number of hydrogen-bond acceptors (Lipinski definition) is 4. The van der Waals surface area contributed by atoms with Crippen LogP contribution in [0.15, 0.2) is 105 Å². The molecule has 0 aliphatic carbocycles. The zero-order valence-corrected chi connectivity index (χ0v) is 30.7. The van der Waals surface area contributed by atoms with Crippen molar-refractivity contribution in [1.82, 2.24) is 0 Å². The van der Waals surface area contributed by atoms with Crippen molar-refractivity contribution in [3.8, 4) is 0 Å². The summed E-state index contributed by atoms with van der Waals surface area (Å²) >= 11 is 16.1. The standard InChI is InChI=1S/2C17H19ClN2S.2ClH.H2O/c2*1-19(2)10-5-11-20-14-6-3-4-7-16(14)21-17-9-8-13(18)12-15(17)20;;;/h2*3-4,6-9,12H,5,10-11H2,1-2H3;2*1H;1H2. The molecule has 4 N–H and O–H groups in total. The summed E-state index contributed by atoms with van der Waals surface area (Å²) in [5, 5.41) is 1.61. The van der Waals surface area contributed by atoms with E-state index in [0.717, 1.165) is 36.0 Å². The van der Waals surface area contributed by atoms with Gasteiger partial charge in [0.15, 0.2) is 0 Å². The second-order valence-electron chi connectivity index (χ2n) is 11.3. The Bertz CT molecular complexity index is 1410. The molecule has 0 saturated carbocycles. The molecule has 5 nitrogen and oxygen atoms in total. The molecule has 2 aliphatic rings. The lowest BCUT2D eigenvalue weighted by molar-refractivity contribution is -0.858. The van der Waals surface area contributed by atoms with Crippen LogP contribution in [0.25, 0.3) is 0 Å². The van der Waals surface area contributed by atoms with Crippen LogP contribution in [0.2, 0.25) is 10.0 Å². The second kappa shape index (κ2) is 18.5. The van der Waals surface area contributed by atoms with E-state index in [1.54, 1.807) is 0 Å². The van der Waals surface area contributed by atoms with Gasteiger partial charge in [-0.1, -0.05) is 71.0 Å². The van der Waals surface area contributed by atoms with Gasteiger partial charge in [0.2, 0.25) is 0 Å². The van der Waals surface area contributed by atoms with Crippen molar-refractivity contribution < 1.29 is 40.1 Å². The maximum absolute atomic E-state index is 6.21. The minimum atomic E-state index is 0. The van der Waals surface area contributed by atoms with Gasteiger partial charge in [0, 0.05) is 55.6 Å². The lowest BCUT2D eigenvalue weighted by Gasteiger charge is -2.33.